The summed E-state index contributed by atoms with van der Waals surface area (Å²) < 4.78 is 0. The largest absolute Gasteiger partial charge is 0.481 e. The first-order valence-electron chi connectivity index (χ1n) is 11.4. The summed E-state index contributed by atoms with van der Waals surface area (Å²) in [5.41, 5.74) is 5.82. The second kappa shape index (κ2) is 16.1. The van der Waals surface area contributed by atoms with Crippen LogP contribution in [0.15, 0.2) is 24.3 Å². The Hall–Kier alpha value is -2.62. The van der Waals surface area contributed by atoms with Gasteiger partial charge in [0.25, 0.3) is 0 Å². The van der Waals surface area contributed by atoms with Gasteiger partial charge in [-0.2, -0.15) is 5.48 Å². The van der Waals surface area contributed by atoms with E-state index in [1.807, 2.05) is 18.9 Å². The lowest BCUT2D eigenvalue weighted by Gasteiger charge is -2.27. The van der Waals surface area contributed by atoms with Crippen LogP contribution in [0, 0.1) is 12.3 Å². The van der Waals surface area contributed by atoms with E-state index >= 15 is 0 Å². The number of aryl methyl sites for hydroxylation is 1. The van der Waals surface area contributed by atoms with Crippen molar-refractivity contribution in [2.24, 2.45) is 5.41 Å². The molecule has 1 fully saturated rings. The Morgan fingerprint density at radius 2 is 1.85 bits per heavy atom. The molecule has 1 saturated heterocycles. The number of carbonyl (C=O) groups excluding carboxylic acids is 3. The van der Waals surface area contributed by atoms with Crippen LogP contribution in [0.4, 0.5) is 0 Å². The Kier molecular flexibility index (Phi) is 14.8. The molecular formula is C25H41N3O6. The maximum Gasteiger partial charge on any atom is 0.305 e. The van der Waals surface area contributed by atoms with Crippen molar-refractivity contribution in [3.8, 4) is 0 Å². The fourth-order valence-electron chi connectivity index (χ4n) is 2.84. The molecule has 2 rings (SSSR count). The summed E-state index contributed by atoms with van der Waals surface area (Å²) in [5.74, 6) is -1.73. The van der Waals surface area contributed by atoms with Gasteiger partial charge in [0.05, 0.1) is 25.1 Å². The molecule has 1 amide bonds. The average molecular weight is 480 g/mol. The van der Waals surface area contributed by atoms with E-state index in [-0.39, 0.29) is 29.6 Å². The van der Waals surface area contributed by atoms with Crippen LogP contribution >= 0.6 is 0 Å². The summed E-state index contributed by atoms with van der Waals surface area (Å²) in [5, 5.41) is 14.0. The quantitative estimate of drug-likeness (QED) is 0.397. The first-order chi connectivity index (χ1) is 15.9. The van der Waals surface area contributed by atoms with Crippen molar-refractivity contribution in [3.05, 3.63) is 35.4 Å². The summed E-state index contributed by atoms with van der Waals surface area (Å²) in [4.78, 5) is 46.8. The number of Topliss-reactive ketones (excluding diaryl/α,β-unsaturated/α-hetero) is 1. The molecule has 0 spiro atoms. The number of hydrogen-bond acceptors (Lipinski definition) is 7. The zero-order valence-corrected chi connectivity index (χ0v) is 21.3. The molecule has 192 valence electrons. The minimum atomic E-state index is -1.10. The summed E-state index contributed by atoms with van der Waals surface area (Å²) in [6, 6.07) is 7.40. The predicted octanol–water partition coefficient (Wildman–Crippen LogP) is 2.55. The molecule has 9 nitrogen and oxygen atoms in total. The standard InChI is InChI=1S/C14H23NO.C10H16N2O4.CH2O/c1-11-8-6-7-9-13(11)10-16-15-12(2)14(3,4)5;1-6(13)8(5-9(14)15)12-10(16)7-3-2-4-11-7;1-2/h6-9,12,15H,10H2,1-5H3;7-8,11H,2-5H2,1H3,(H,12,16)(H,14,15);1H2/t12-;7-,8-;/m10./s1. The Bertz CT molecular complexity index is 772. The number of amides is 1. The molecule has 0 saturated carbocycles. The smallest absolute Gasteiger partial charge is 0.305 e. The van der Waals surface area contributed by atoms with E-state index in [1.165, 1.54) is 18.1 Å². The van der Waals surface area contributed by atoms with Gasteiger partial charge in [0.2, 0.25) is 5.91 Å². The van der Waals surface area contributed by atoms with E-state index in [0.29, 0.717) is 12.6 Å². The maximum atomic E-state index is 11.6. The molecule has 0 bridgehead atoms. The second-order valence-corrected chi connectivity index (χ2v) is 9.34. The lowest BCUT2D eigenvalue weighted by Crippen LogP contribution is -2.48. The van der Waals surface area contributed by atoms with Crippen molar-refractivity contribution < 1.29 is 29.1 Å². The van der Waals surface area contributed by atoms with Crippen LogP contribution in [0.3, 0.4) is 0 Å². The van der Waals surface area contributed by atoms with Gasteiger partial charge in [-0.25, -0.2) is 0 Å². The van der Waals surface area contributed by atoms with E-state index in [1.54, 1.807) is 0 Å². The second-order valence-electron chi connectivity index (χ2n) is 9.34. The topological polar surface area (TPSA) is 134 Å². The highest BCUT2D eigenvalue weighted by molar-refractivity contribution is 5.92. The monoisotopic (exact) mass is 479 g/mol. The van der Waals surface area contributed by atoms with Crippen LogP contribution in [0.1, 0.15) is 65.0 Å². The number of aliphatic carboxylic acids is 1. The fourth-order valence-corrected chi connectivity index (χ4v) is 2.84. The van der Waals surface area contributed by atoms with E-state index in [2.05, 4.69) is 62.9 Å². The SMILES string of the molecule is C=O.CC(=O)[C@H](CC(=O)O)NC(=O)[C@@H]1CCCN1.Cc1ccccc1CON[C@H](C)C(C)(C)C. The van der Waals surface area contributed by atoms with Crippen LogP contribution in [-0.4, -0.2) is 54.2 Å². The van der Waals surface area contributed by atoms with Gasteiger partial charge in [0.15, 0.2) is 5.78 Å². The molecule has 1 aromatic carbocycles. The molecule has 1 heterocycles. The molecule has 0 radical (unpaired) electrons. The van der Waals surface area contributed by atoms with Crippen LogP contribution in [0.25, 0.3) is 0 Å². The Labute approximate surface area is 203 Å². The zero-order chi connectivity index (χ0) is 26.3. The number of rotatable bonds is 9. The van der Waals surface area contributed by atoms with Crippen LogP contribution in [-0.2, 0) is 30.6 Å². The molecule has 34 heavy (non-hydrogen) atoms. The van der Waals surface area contributed by atoms with Gasteiger partial charge in [-0.05, 0) is 56.7 Å². The molecule has 4 N–H and O–H groups in total. The lowest BCUT2D eigenvalue weighted by molar-refractivity contribution is -0.140. The van der Waals surface area contributed by atoms with Gasteiger partial charge in [0, 0.05) is 6.04 Å². The molecule has 0 aliphatic carbocycles. The normalized spacial score (nSPS) is 16.7. The van der Waals surface area contributed by atoms with Gasteiger partial charge < -0.3 is 20.5 Å². The fraction of sp³-hybridized carbons (Fsp3) is 0.600. The van der Waals surface area contributed by atoms with Crippen molar-refractivity contribution in [3.63, 3.8) is 0 Å². The van der Waals surface area contributed by atoms with Crippen LogP contribution < -0.4 is 16.1 Å². The average Bonchev–Trinajstić information content (AvgIpc) is 3.30. The summed E-state index contributed by atoms with van der Waals surface area (Å²) in [6.45, 7) is 15.5. The molecule has 9 heteroatoms. The number of nitrogens with one attached hydrogen (secondary N) is 3. The Morgan fingerprint density at radius 3 is 2.32 bits per heavy atom. The van der Waals surface area contributed by atoms with Gasteiger partial charge in [-0.3, -0.25) is 19.2 Å². The lowest BCUT2D eigenvalue weighted by atomic mass is 9.89. The molecule has 1 aromatic rings. The van der Waals surface area contributed by atoms with Gasteiger partial charge >= 0.3 is 5.97 Å². The van der Waals surface area contributed by atoms with Crippen LogP contribution in [0.5, 0.6) is 0 Å². The van der Waals surface area contributed by atoms with Crippen molar-refractivity contribution in [2.75, 3.05) is 6.54 Å². The van der Waals surface area contributed by atoms with Crippen LogP contribution in [0.2, 0.25) is 0 Å². The maximum absolute atomic E-state index is 11.6. The molecular weight excluding hydrogens is 438 g/mol. The first-order valence-corrected chi connectivity index (χ1v) is 11.4. The number of carbonyl (C=O) groups is 4. The van der Waals surface area contributed by atoms with Crippen molar-refractivity contribution >= 4 is 24.4 Å². The molecule has 0 aromatic heterocycles. The predicted molar refractivity (Wildman–Crippen MR) is 131 cm³/mol. The van der Waals surface area contributed by atoms with Gasteiger partial charge in [-0.15, -0.1) is 0 Å². The summed E-state index contributed by atoms with van der Waals surface area (Å²) in [7, 11) is 0. The van der Waals surface area contributed by atoms with Crippen molar-refractivity contribution in [2.45, 2.75) is 85.5 Å². The highest BCUT2D eigenvalue weighted by atomic mass is 16.6. The number of carboxylic acids is 1. The summed E-state index contributed by atoms with van der Waals surface area (Å²) in [6.07, 6.45) is 1.28. The molecule has 3 atom stereocenters. The number of carboxylic acid groups (broad SMARTS) is 1. The minimum absolute atomic E-state index is 0.214. The minimum Gasteiger partial charge on any atom is -0.481 e. The Balaban J connectivity index is 0.000000597. The van der Waals surface area contributed by atoms with Crippen molar-refractivity contribution in [1.82, 2.24) is 16.1 Å². The number of benzene rings is 1. The Morgan fingerprint density at radius 1 is 1.24 bits per heavy atom. The van der Waals surface area contributed by atoms with Gasteiger partial charge in [-0.1, -0.05) is 45.0 Å². The third-order valence-electron chi connectivity index (χ3n) is 5.61. The molecule has 1 aliphatic heterocycles. The number of ketones is 1. The van der Waals surface area contributed by atoms with Crippen molar-refractivity contribution in [1.29, 1.82) is 0 Å². The molecule has 1 aliphatic rings. The first kappa shape index (κ1) is 31.4. The highest BCUT2D eigenvalue weighted by Crippen LogP contribution is 2.18. The highest BCUT2D eigenvalue weighted by Gasteiger charge is 2.27. The van der Waals surface area contributed by atoms with E-state index in [0.717, 1.165) is 19.4 Å². The summed E-state index contributed by atoms with van der Waals surface area (Å²) >= 11 is 0. The zero-order valence-electron chi connectivity index (χ0n) is 21.3. The van der Waals surface area contributed by atoms with Gasteiger partial charge in [0.1, 0.15) is 6.79 Å². The van der Waals surface area contributed by atoms with E-state index in [4.69, 9.17) is 14.7 Å². The number of hydroxylamine groups is 1. The third kappa shape index (κ3) is 12.6. The third-order valence-corrected chi connectivity index (χ3v) is 5.61. The van der Waals surface area contributed by atoms with E-state index in [9.17, 15) is 14.4 Å². The number of hydrogen-bond donors (Lipinski definition) is 4. The van der Waals surface area contributed by atoms with E-state index < -0.39 is 12.0 Å². The molecule has 0 unspecified atom stereocenters.